The smallest absolute Gasteiger partial charge is 0.250 e. The molecule has 1 N–H and O–H groups in total. The van der Waals surface area contributed by atoms with Crippen LogP contribution in [0, 0.1) is 0 Å². The Morgan fingerprint density at radius 2 is 1.84 bits per heavy atom. The predicted octanol–water partition coefficient (Wildman–Crippen LogP) is 4.52. The van der Waals surface area contributed by atoms with Crippen LogP contribution in [0.4, 0.5) is 0 Å². The number of nitrogens with zero attached hydrogens (tertiary/aromatic N) is 1. The fourth-order valence-electron chi connectivity index (χ4n) is 3.43. The van der Waals surface area contributed by atoms with Gasteiger partial charge >= 0.3 is 0 Å². The molecule has 0 atom stereocenters. The van der Waals surface area contributed by atoms with Gasteiger partial charge in [-0.3, -0.25) is 10.1 Å². The Labute approximate surface area is 154 Å². The third-order valence-electron chi connectivity index (χ3n) is 4.91. The second-order valence-electron chi connectivity index (χ2n) is 6.60. The first-order valence-electron chi connectivity index (χ1n) is 8.89. The number of hydrogen-bond acceptors (Lipinski definition) is 2. The SMILES string of the molecule is CN(C(=S)NC(=O)C=Cc1cccc2ccccc12)C1CCCCC1. The van der Waals surface area contributed by atoms with Crippen molar-refractivity contribution in [2.45, 2.75) is 38.1 Å². The van der Waals surface area contributed by atoms with E-state index in [1.54, 1.807) is 6.08 Å². The summed E-state index contributed by atoms with van der Waals surface area (Å²) < 4.78 is 0. The van der Waals surface area contributed by atoms with Gasteiger partial charge < -0.3 is 4.90 Å². The van der Waals surface area contributed by atoms with E-state index < -0.39 is 0 Å². The highest BCUT2D eigenvalue weighted by atomic mass is 32.1. The molecule has 1 saturated carbocycles. The number of nitrogens with one attached hydrogen (secondary N) is 1. The molecule has 0 bridgehead atoms. The molecule has 3 nitrogen and oxygen atoms in total. The van der Waals surface area contributed by atoms with Crippen molar-refractivity contribution in [3.63, 3.8) is 0 Å². The van der Waals surface area contributed by atoms with E-state index in [9.17, 15) is 4.79 Å². The summed E-state index contributed by atoms with van der Waals surface area (Å²) in [5.41, 5.74) is 1.03. The van der Waals surface area contributed by atoms with Gasteiger partial charge in [-0.05, 0) is 47.5 Å². The number of carbonyl (C=O) groups excluding carboxylic acids is 1. The summed E-state index contributed by atoms with van der Waals surface area (Å²) in [5.74, 6) is -0.180. The minimum absolute atomic E-state index is 0.180. The monoisotopic (exact) mass is 352 g/mol. The van der Waals surface area contributed by atoms with Gasteiger partial charge in [0.2, 0.25) is 5.91 Å². The molecule has 2 aromatic rings. The van der Waals surface area contributed by atoms with E-state index in [2.05, 4.69) is 23.5 Å². The minimum Gasteiger partial charge on any atom is -0.349 e. The summed E-state index contributed by atoms with van der Waals surface area (Å²) >= 11 is 5.40. The molecule has 3 rings (SSSR count). The largest absolute Gasteiger partial charge is 0.349 e. The topological polar surface area (TPSA) is 32.3 Å². The van der Waals surface area contributed by atoms with Crippen LogP contribution in [0.2, 0.25) is 0 Å². The van der Waals surface area contributed by atoms with Crippen molar-refractivity contribution in [1.82, 2.24) is 10.2 Å². The van der Waals surface area contributed by atoms with E-state index in [4.69, 9.17) is 12.2 Å². The van der Waals surface area contributed by atoms with Crippen molar-refractivity contribution in [3.8, 4) is 0 Å². The van der Waals surface area contributed by atoms with Crippen molar-refractivity contribution < 1.29 is 4.79 Å². The van der Waals surface area contributed by atoms with Crippen LogP contribution in [-0.2, 0) is 4.79 Å². The molecule has 130 valence electrons. The van der Waals surface area contributed by atoms with Crippen molar-refractivity contribution in [2.75, 3.05) is 7.05 Å². The molecular weight excluding hydrogens is 328 g/mol. The third-order valence-corrected chi connectivity index (χ3v) is 5.30. The highest BCUT2D eigenvalue weighted by molar-refractivity contribution is 7.80. The second kappa shape index (κ2) is 8.26. The van der Waals surface area contributed by atoms with Crippen molar-refractivity contribution >= 4 is 40.1 Å². The summed E-state index contributed by atoms with van der Waals surface area (Å²) in [6.45, 7) is 0. The lowest BCUT2D eigenvalue weighted by molar-refractivity contribution is -0.115. The Balaban J connectivity index is 1.63. The lowest BCUT2D eigenvalue weighted by Gasteiger charge is -2.32. The highest BCUT2D eigenvalue weighted by Gasteiger charge is 2.20. The minimum atomic E-state index is -0.180. The number of carbonyl (C=O) groups is 1. The molecule has 0 aromatic heterocycles. The van der Waals surface area contributed by atoms with Crippen molar-refractivity contribution in [1.29, 1.82) is 0 Å². The molecular formula is C21H24N2OS. The summed E-state index contributed by atoms with van der Waals surface area (Å²) in [6.07, 6.45) is 9.50. The fourth-order valence-corrected chi connectivity index (χ4v) is 3.68. The van der Waals surface area contributed by atoms with E-state index in [1.807, 2.05) is 42.3 Å². The Morgan fingerprint density at radius 3 is 2.64 bits per heavy atom. The lowest BCUT2D eigenvalue weighted by Crippen LogP contribution is -2.45. The number of amides is 1. The van der Waals surface area contributed by atoms with Gasteiger partial charge in [0.25, 0.3) is 0 Å². The molecule has 4 heteroatoms. The Morgan fingerprint density at radius 1 is 1.12 bits per heavy atom. The van der Waals surface area contributed by atoms with Crippen LogP contribution in [0.5, 0.6) is 0 Å². The normalized spacial score (nSPS) is 15.4. The highest BCUT2D eigenvalue weighted by Crippen LogP contribution is 2.22. The molecule has 0 radical (unpaired) electrons. The zero-order valence-corrected chi connectivity index (χ0v) is 15.4. The molecule has 1 amide bonds. The molecule has 25 heavy (non-hydrogen) atoms. The fraction of sp³-hybridized carbons (Fsp3) is 0.333. The summed E-state index contributed by atoms with van der Waals surface area (Å²) in [4.78, 5) is 14.3. The Bertz CT molecular complexity index is 788. The van der Waals surface area contributed by atoms with E-state index in [-0.39, 0.29) is 5.91 Å². The zero-order chi connectivity index (χ0) is 17.6. The van der Waals surface area contributed by atoms with Gasteiger partial charge in [-0.25, -0.2) is 0 Å². The van der Waals surface area contributed by atoms with Gasteiger partial charge in [-0.15, -0.1) is 0 Å². The van der Waals surface area contributed by atoms with Crippen molar-refractivity contribution in [3.05, 3.63) is 54.1 Å². The van der Waals surface area contributed by atoms with E-state index in [0.29, 0.717) is 11.2 Å². The first-order chi connectivity index (χ1) is 12.1. The molecule has 0 saturated heterocycles. The van der Waals surface area contributed by atoms with Crippen LogP contribution in [0.25, 0.3) is 16.8 Å². The Kier molecular flexibility index (Phi) is 5.82. The number of fused-ring (bicyclic) bond motifs is 1. The Hall–Kier alpha value is -2.20. The maximum atomic E-state index is 12.2. The van der Waals surface area contributed by atoms with Crippen LogP contribution >= 0.6 is 12.2 Å². The van der Waals surface area contributed by atoms with Crippen molar-refractivity contribution in [2.24, 2.45) is 0 Å². The summed E-state index contributed by atoms with van der Waals surface area (Å²) in [7, 11) is 1.98. The van der Waals surface area contributed by atoms with Crippen LogP contribution in [0.15, 0.2) is 48.5 Å². The molecule has 1 aliphatic carbocycles. The first-order valence-corrected chi connectivity index (χ1v) is 9.29. The maximum absolute atomic E-state index is 12.2. The second-order valence-corrected chi connectivity index (χ2v) is 6.99. The van der Waals surface area contributed by atoms with Gasteiger partial charge in [-0.2, -0.15) is 0 Å². The quantitative estimate of drug-likeness (QED) is 0.651. The molecule has 1 fully saturated rings. The molecule has 2 aromatic carbocycles. The molecule has 0 heterocycles. The van der Waals surface area contributed by atoms with Crippen LogP contribution in [0.1, 0.15) is 37.7 Å². The van der Waals surface area contributed by atoms with Gasteiger partial charge in [0.1, 0.15) is 0 Å². The summed E-state index contributed by atoms with van der Waals surface area (Å²) in [5, 5.41) is 5.64. The summed E-state index contributed by atoms with van der Waals surface area (Å²) in [6, 6.07) is 14.7. The average Bonchev–Trinajstić information content (AvgIpc) is 2.66. The van der Waals surface area contributed by atoms with Crippen LogP contribution < -0.4 is 5.32 Å². The van der Waals surface area contributed by atoms with Crippen LogP contribution in [0.3, 0.4) is 0 Å². The van der Waals surface area contributed by atoms with Crippen LogP contribution in [-0.4, -0.2) is 29.0 Å². The molecule has 0 spiro atoms. The van der Waals surface area contributed by atoms with E-state index >= 15 is 0 Å². The average molecular weight is 353 g/mol. The van der Waals surface area contributed by atoms with E-state index in [1.165, 1.54) is 19.3 Å². The lowest BCUT2D eigenvalue weighted by atomic mass is 9.95. The van der Waals surface area contributed by atoms with E-state index in [0.717, 1.165) is 29.2 Å². The maximum Gasteiger partial charge on any atom is 0.250 e. The number of benzene rings is 2. The first kappa shape index (κ1) is 17.6. The van der Waals surface area contributed by atoms with Gasteiger partial charge in [-0.1, -0.05) is 61.7 Å². The zero-order valence-electron chi connectivity index (χ0n) is 14.6. The predicted molar refractivity (Wildman–Crippen MR) is 108 cm³/mol. The van der Waals surface area contributed by atoms with Gasteiger partial charge in [0, 0.05) is 19.2 Å². The molecule has 0 aliphatic heterocycles. The number of hydrogen-bond donors (Lipinski definition) is 1. The number of rotatable bonds is 3. The number of thiocarbonyl (C=S) groups is 1. The third kappa shape index (κ3) is 4.45. The molecule has 1 aliphatic rings. The molecule has 0 unspecified atom stereocenters. The van der Waals surface area contributed by atoms with Gasteiger partial charge in [0.05, 0.1) is 0 Å². The van der Waals surface area contributed by atoms with Gasteiger partial charge in [0.15, 0.2) is 5.11 Å². The standard InChI is InChI=1S/C21H24N2OS/c1-23(18-11-3-2-4-12-18)21(25)22-20(24)15-14-17-10-7-9-16-8-5-6-13-19(16)17/h5-10,13-15,18H,2-4,11-12H2,1H3,(H,22,24,25).